The van der Waals surface area contributed by atoms with Crippen LogP contribution in [0.1, 0.15) is 5.56 Å². The van der Waals surface area contributed by atoms with Gasteiger partial charge in [-0.2, -0.15) is 0 Å². The van der Waals surface area contributed by atoms with E-state index in [0.29, 0.717) is 22.6 Å². The first-order valence-electron chi connectivity index (χ1n) is 5.17. The molecule has 0 aliphatic heterocycles. The Bertz CT molecular complexity index is 604. The molecule has 2 rings (SSSR count). The van der Waals surface area contributed by atoms with Crippen LogP contribution in [0.5, 0.6) is 11.5 Å². The van der Waals surface area contributed by atoms with Crippen molar-refractivity contribution < 1.29 is 9.47 Å². The minimum Gasteiger partial charge on any atom is -0.497 e. The van der Waals surface area contributed by atoms with Crippen molar-refractivity contribution in [2.45, 2.75) is 6.54 Å². The number of benzene rings is 1. The molecule has 0 radical (unpaired) electrons. The summed E-state index contributed by atoms with van der Waals surface area (Å²) in [6.07, 6.45) is 0. The number of hydrogen-bond acceptors (Lipinski definition) is 4. The summed E-state index contributed by atoms with van der Waals surface area (Å²) >= 11 is 0. The molecule has 0 saturated heterocycles. The zero-order valence-corrected chi connectivity index (χ0v) is 9.74. The quantitative estimate of drug-likeness (QED) is 0.830. The number of hydrogen-bond donors (Lipinski definition) is 2. The molecule has 1 aromatic carbocycles. The molecule has 1 aromatic heterocycles. The van der Waals surface area contributed by atoms with Gasteiger partial charge in [-0.05, 0) is 6.07 Å². The number of nitrogens with one attached hydrogen (secondary N) is 1. The molecule has 1 heterocycles. The van der Waals surface area contributed by atoms with Gasteiger partial charge in [-0.15, -0.1) is 0 Å². The highest BCUT2D eigenvalue weighted by molar-refractivity contribution is 5.87. The maximum absolute atomic E-state index is 11.6. The number of pyridine rings is 1. The molecule has 17 heavy (non-hydrogen) atoms. The zero-order valence-electron chi connectivity index (χ0n) is 9.74. The highest BCUT2D eigenvalue weighted by atomic mass is 16.5. The van der Waals surface area contributed by atoms with E-state index in [2.05, 4.69) is 4.98 Å². The second-order valence-corrected chi connectivity index (χ2v) is 3.62. The molecule has 0 spiro atoms. The number of aromatic nitrogens is 1. The zero-order chi connectivity index (χ0) is 12.4. The van der Waals surface area contributed by atoms with E-state index in [1.54, 1.807) is 32.4 Å². The maximum atomic E-state index is 11.6. The van der Waals surface area contributed by atoms with Gasteiger partial charge in [0.1, 0.15) is 11.5 Å². The molecule has 5 nitrogen and oxygen atoms in total. The fourth-order valence-corrected chi connectivity index (χ4v) is 1.73. The molecule has 5 heteroatoms. The summed E-state index contributed by atoms with van der Waals surface area (Å²) in [6.45, 7) is 0.195. The molecule has 0 unspecified atom stereocenters. The second-order valence-electron chi connectivity index (χ2n) is 3.62. The number of methoxy groups -OCH3 is 2. The van der Waals surface area contributed by atoms with Crippen molar-refractivity contribution in [1.82, 2.24) is 4.98 Å². The summed E-state index contributed by atoms with van der Waals surface area (Å²) in [5.41, 5.74) is 6.52. The lowest BCUT2D eigenvalue weighted by Gasteiger charge is -2.09. The van der Waals surface area contributed by atoms with Crippen LogP contribution in [0, 0.1) is 0 Å². The van der Waals surface area contributed by atoms with Gasteiger partial charge in [0.15, 0.2) is 0 Å². The van der Waals surface area contributed by atoms with Crippen LogP contribution in [-0.4, -0.2) is 19.2 Å². The van der Waals surface area contributed by atoms with Crippen LogP contribution in [0.15, 0.2) is 23.0 Å². The van der Waals surface area contributed by atoms with Crippen molar-refractivity contribution in [2.24, 2.45) is 5.73 Å². The molecule has 0 aliphatic carbocycles. The SMILES string of the molecule is COc1cc(OC)c2cc(CN)c(=O)[nH]c2c1. The van der Waals surface area contributed by atoms with Crippen LogP contribution in [-0.2, 0) is 6.54 Å². The average Bonchev–Trinajstić information content (AvgIpc) is 2.36. The van der Waals surface area contributed by atoms with E-state index in [0.717, 1.165) is 5.39 Å². The minimum atomic E-state index is -0.185. The molecular formula is C12H14N2O3. The standard InChI is InChI=1S/C12H14N2O3/c1-16-8-4-10-9(11(5-8)17-2)3-7(6-13)12(15)14-10/h3-5H,6,13H2,1-2H3,(H,14,15). The molecule has 90 valence electrons. The Morgan fingerprint density at radius 1 is 1.24 bits per heavy atom. The number of ether oxygens (including phenoxy) is 2. The summed E-state index contributed by atoms with van der Waals surface area (Å²) in [5.74, 6) is 1.27. The van der Waals surface area contributed by atoms with Crippen molar-refractivity contribution >= 4 is 10.9 Å². The minimum absolute atomic E-state index is 0.185. The van der Waals surface area contributed by atoms with Gasteiger partial charge in [0, 0.05) is 29.6 Å². The first kappa shape index (κ1) is 11.5. The van der Waals surface area contributed by atoms with Crippen molar-refractivity contribution in [1.29, 1.82) is 0 Å². The summed E-state index contributed by atoms with van der Waals surface area (Å²) in [7, 11) is 3.13. The first-order valence-corrected chi connectivity index (χ1v) is 5.17. The van der Waals surface area contributed by atoms with Crippen molar-refractivity contribution in [2.75, 3.05) is 14.2 Å². The molecular weight excluding hydrogens is 220 g/mol. The Morgan fingerprint density at radius 3 is 2.59 bits per heavy atom. The molecule has 0 aliphatic rings. The lowest BCUT2D eigenvalue weighted by atomic mass is 10.1. The Kier molecular flexibility index (Phi) is 3.01. The highest BCUT2D eigenvalue weighted by Crippen LogP contribution is 2.29. The van der Waals surface area contributed by atoms with E-state index in [9.17, 15) is 4.79 Å². The maximum Gasteiger partial charge on any atom is 0.252 e. The number of fused-ring (bicyclic) bond motifs is 1. The fourth-order valence-electron chi connectivity index (χ4n) is 1.73. The van der Waals surface area contributed by atoms with Crippen LogP contribution >= 0.6 is 0 Å². The van der Waals surface area contributed by atoms with Crippen LogP contribution in [0.4, 0.5) is 0 Å². The van der Waals surface area contributed by atoms with Crippen molar-refractivity contribution in [3.63, 3.8) is 0 Å². The number of aromatic amines is 1. The van der Waals surface area contributed by atoms with Gasteiger partial charge in [0.2, 0.25) is 0 Å². The second kappa shape index (κ2) is 4.47. The van der Waals surface area contributed by atoms with Gasteiger partial charge < -0.3 is 20.2 Å². The van der Waals surface area contributed by atoms with E-state index < -0.39 is 0 Å². The molecule has 0 bridgehead atoms. The summed E-state index contributed by atoms with van der Waals surface area (Å²) < 4.78 is 10.4. The predicted molar refractivity (Wildman–Crippen MR) is 65.6 cm³/mol. The van der Waals surface area contributed by atoms with E-state index in [1.807, 2.05) is 0 Å². The summed E-state index contributed by atoms with van der Waals surface area (Å²) in [6, 6.07) is 5.26. The van der Waals surface area contributed by atoms with Crippen LogP contribution < -0.4 is 20.8 Å². The summed E-state index contributed by atoms with van der Waals surface area (Å²) in [4.78, 5) is 14.4. The third-order valence-corrected chi connectivity index (χ3v) is 2.65. The molecule has 0 saturated carbocycles. The van der Waals surface area contributed by atoms with Gasteiger partial charge in [-0.1, -0.05) is 0 Å². The normalized spacial score (nSPS) is 10.5. The van der Waals surface area contributed by atoms with Gasteiger partial charge in [0.25, 0.3) is 5.56 Å². The van der Waals surface area contributed by atoms with Crippen molar-refractivity contribution in [3.05, 3.63) is 34.1 Å². The van der Waals surface area contributed by atoms with E-state index >= 15 is 0 Å². The van der Waals surface area contributed by atoms with Crippen LogP contribution in [0.25, 0.3) is 10.9 Å². The molecule has 2 aromatic rings. The van der Waals surface area contributed by atoms with Gasteiger partial charge in [0.05, 0.1) is 19.7 Å². The topological polar surface area (TPSA) is 77.3 Å². The number of H-pyrrole nitrogens is 1. The first-order chi connectivity index (χ1) is 8.19. The Balaban J connectivity index is 2.80. The van der Waals surface area contributed by atoms with Crippen LogP contribution in [0.3, 0.4) is 0 Å². The van der Waals surface area contributed by atoms with Gasteiger partial charge in [-0.3, -0.25) is 4.79 Å². The monoisotopic (exact) mass is 234 g/mol. The number of rotatable bonds is 3. The van der Waals surface area contributed by atoms with Gasteiger partial charge >= 0.3 is 0 Å². The molecule has 0 amide bonds. The molecule has 0 fully saturated rings. The highest BCUT2D eigenvalue weighted by Gasteiger charge is 2.08. The Morgan fingerprint density at radius 2 is 2.00 bits per heavy atom. The average molecular weight is 234 g/mol. The van der Waals surface area contributed by atoms with Crippen molar-refractivity contribution in [3.8, 4) is 11.5 Å². The third kappa shape index (κ3) is 1.97. The number of nitrogens with two attached hydrogens (primary N) is 1. The lowest BCUT2D eigenvalue weighted by molar-refractivity contribution is 0.398. The van der Waals surface area contributed by atoms with E-state index in [-0.39, 0.29) is 12.1 Å². The van der Waals surface area contributed by atoms with E-state index in [4.69, 9.17) is 15.2 Å². The Hall–Kier alpha value is -2.01. The summed E-state index contributed by atoms with van der Waals surface area (Å²) in [5, 5.41) is 0.813. The fraction of sp³-hybridized carbons (Fsp3) is 0.250. The smallest absolute Gasteiger partial charge is 0.252 e. The lowest BCUT2D eigenvalue weighted by Crippen LogP contribution is -2.15. The largest absolute Gasteiger partial charge is 0.497 e. The predicted octanol–water partition coefficient (Wildman–Crippen LogP) is 1.00. The molecule has 0 atom stereocenters. The third-order valence-electron chi connectivity index (χ3n) is 2.65. The van der Waals surface area contributed by atoms with Crippen LogP contribution in [0.2, 0.25) is 0 Å². The molecule has 3 N–H and O–H groups in total. The Labute approximate surface area is 98.2 Å². The van der Waals surface area contributed by atoms with E-state index in [1.165, 1.54) is 0 Å². The van der Waals surface area contributed by atoms with Gasteiger partial charge in [-0.25, -0.2) is 0 Å².